The third-order valence-electron chi connectivity index (χ3n) is 9.67. The van der Waals surface area contributed by atoms with E-state index in [2.05, 4.69) is 15.4 Å². The van der Waals surface area contributed by atoms with Crippen LogP contribution in [0.4, 0.5) is 16.2 Å². The van der Waals surface area contributed by atoms with Crippen LogP contribution in [0.15, 0.2) is 109 Å². The van der Waals surface area contributed by atoms with Crippen molar-refractivity contribution >= 4 is 39.3 Å². The first-order chi connectivity index (χ1) is 26.5. The van der Waals surface area contributed by atoms with E-state index in [4.69, 9.17) is 4.74 Å². The van der Waals surface area contributed by atoms with Crippen molar-refractivity contribution < 1.29 is 32.6 Å². The monoisotopic (exact) mass is 769 g/mol. The van der Waals surface area contributed by atoms with Gasteiger partial charge in [0.1, 0.15) is 6.61 Å². The van der Waals surface area contributed by atoms with Gasteiger partial charge in [-0.25, -0.2) is 13.2 Å². The highest BCUT2D eigenvalue weighted by molar-refractivity contribution is 7.92. The number of benzene rings is 4. The maximum Gasteiger partial charge on any atom is 0.410 e. The summed E-state index contributed by atoms with van der Waals surface area (Å²) in [4.78, 5) is 43.7. The lowest BCUT2D eigenvalue weighted by Crippen LogP contribution is -2.49. The Morgan fingerprint density at radius 3 is 2.07 bits per heavy atom. The number of aliphatic hydroxyl groups excluding tert-OH is 1. The van der Waals surface area contributed by atoms with E-state index in [9.17, 15) is 27.9 Å². The van der Waals surface area contributed by atoms with E-state index in [-0.39, 0.29) is 47.7 Å². The Morgan fingerprint density at radius 1 is 0.855 bits per heavy atom. The van der Waals surface area contributed by atoms with E-state index >= 15 is 0 Å². The van der Waals surface area contributed by atoms with Crippen LogP contribution in [0.3, 0.4) is 0 Å². The Hall–Kier alpha value is -5.24. The van der Waals surface area contributed by atoms with E-state index in [0.717, 1.165) is 24.0 Å². The lowest BCUT2D eigenvalue weighted by Gasteiger charge is -2.32. The molecule has 1 fully saturated rings. The SMILES string of the molecule is CCN(C(=O)c1cc(NS(=O)(=O)CC)cc(C(=O)NC(Cc2ccccc2)C(O)CNCC2CCN(C(=O)OCc3ccccc3)CC2)c1)c1ccccc1. The topological polar surface area (TPSA) is 157 Å². The summed E-state index contributed by atoms with van der Waals surface area (Å²) in [7, 11) is -3.73. The van der Waals surface area contributed by atoms with Crippen molar-refractivity contribution in [2.45, 2.75) is 51.9 Å². The number of likely N-dealkylation sites (tertiary alicyclic amines) is 1. The maximum absolute atomic E-state index is 14.0. The summed E-state index contributed by atoms with van der Waals surface area (Å²) in [5.74, 6) is -0.880. The van der Waals surface area contributed by atoms with Gasteiger partial charge in [-0.15, -0.1) is 0 Å². The van der Waals surface area contributed by atoms with Crippen molar-refractivity contribution in [3.63, 3.8) is 0 Å². The molecule has 1 aliphatic rings. The molecule has 0 bridgehead atoms. The van der Waals surface area contributed by atoms with Crippen molar-refractivity contribution in [2.75, 3.05) is 48.1 Å². The van der Waals surface area contributed by atoms with Gasteiger partial charge in [0.15, 0.2) is 0 Å². The van der Waals surface area contributed by atoms with E-state index in [1.807, 2.05) is 85.8 Å². The van der Waals surface area contributed by atoms with Crippen molar-refractivity contribution in [1.29, 1.82) is 0 Å². The molecular weight excluding hydrogens is 719 g/mol. The van der Waals surface area contributed by atoms with Crippen LogP contribution in [0.1, 0.15) is 58.5 Å². The Bertz CT molecular complexity index is 1960. The van der Waals surface area contributed by atoms with E-state index in [1.54, 1.807) is 21.9 Å². The van der Waals surface area contributed by atoms with Crippen LogP contribution >= 0.6 is 0 Å². The Balaban J connectivity index is 1.25. The molecule has 0 saturated carbocycles. The Labute approximate surface area is 323 Å². The Morgan fingerprint density at radius 2 is 1.45 bits per heavy atom. The summed E-state index contributed by atoms with van der Waals surface area (Å²) in [6.07, 6.45) is 0.576. The number of carbonyl (C=O) groups excluding carboxylic acids is 3. The van der Waals surface area contributed by atoms with E-state index in [0.29, 0.717) is 38.3 Å². The molecule has 5 rings (SSSR count). The second kappa shape index (κ2) is 19.9. The fourth-order valence-electron chi connectivity index (χ4n) is 6.51. The number of sulfonamides is 1. The van der Waals surface area contributed by atoms with Gasteiger partial charge in [-0.3, -0.25) is 14.3 Å². The van der Waals surface area contributed by atoms with Crippen LogP contribution in [-0.2, 0) is 27.8 Å². The number of aliphatic hydroxyl groups is 1. The minimum Gasteiger partial charge on any atom is -0.445 e. The first-order valence-electron chi connectivity index (χ1n) is 18.8. The molecule has 1 aliphatic heterocycles. The smallest absolute Gasteiger partial charge is 0.410 e. The van der Waals surface area contributed by atoms with Crippen molar-refractivity contribution in [1.82, 2.24) is 15.5 Å². The van der Waals surface area contributed by atoms with Crippen molar-refractivity contribution in [3.05, 3.63) is 131 Å². The van der Waals surface area contributed by atoms with Crippen LogP contribution in [-0.4, -0.2) is 87.0 Å². The molecule has 0 aromatic heterocycles. The zero-order valence-corrected chi connectivity index (χ0v) is 32.2. The van der Waals surface area contributed by atoms with Crippen LogP contribution in [0.5, 0.6) is 0 Å². The highest BCUT2D eigenvalue weighted by atomic mass is 32.2. The lowest BCUT2D eigenvalue weighted by molar-refractivity contribution is 0.0784. The number of nitrogens with zero attached hydrogens (tertiary/aromatic N) is 2. The van der Waals surface area contributed by atoms with Gasteiger partial charge in [-0.1, -0.05) is 78.9 Å². The van der Waals surface area contributed by atoms with Gasteiger partial charge in [-0.05, 0) is 87.0 Å². The molecule has 2 atom stereocenters. The van der Waals surface area contributed by atoms with Gasteiger partial charge in [0.2, 0.25) is 10.0 Å². The summed E-state index contributed by atoms with van der Waals surface area (Å²) < 4.78 is 33.1. The average molecular weight is 770 g/mol. The number of anilines is 2. The molecule has 4 aromatic rings. The maximum atomic E-state index is 14.0. The summed E-state index contributed by atoms with van der Waals surface area (Å²) in [5, 5.41) is 17.8. The minimum atomic E-state index is -3.73. The molecule has 4 N–H and O–H groups in total. The summed E-state index contributed by atoms with van der Waals surface area (Å²) in [6, 6.07) is 31.7. The summed E-state index contributed by atoms with van der Waals surface area (Å²) >= 11 is 0. The van der Waals surface area contributed by atoms with Gasteiger partial charge in [0, 0.05) is 43.0 Å². The molecular formula is C42H51N5O7S. The molecule has 1 saturated heterocycles. The van der Waals surface area contributed by atoms with Crippen molar-refractivity contribution in [3.8, 4) is 0 Å². The summed E-state index contributed by atoms with van der Waals surface area (Å²) in [6.45, 7) is 5.87. The van der Waals surface area contributed by atoms with E-state index < -0.39 is 34.0 Å². The first-order valence-corrected chi connectivity index (χ1v) is 20.4. The zero-order chi connectivity index (χ0) is 39.2. The minimum absolute atomic E-state index is 0.0658. The summed E-state index contributed by atoms with van der Waals surface area (Å²) in [5.41, 5.74) is 2.77. The fraction of sp³-hybridized carbons (Fsp3) is 0.357. The molecule has 292 valence electrons. The number of carbonyl (C=O) groups is 3. The second-order valence-electron chi connectivity index (χ2n) is 13.7. The highest BCUT2D eigenvalue weighted by Crippen LogP contribution is 2.23. The molecule has 0 aliphatic carbocycles. The Kier molecular flexibility index (Phi) is 14.8. The standard InChI is InChI=1S/C42H51N5O7S/c1-3-47(37-18-12-7-13-19-37)41(50)35-25-34(26-36(27-35)45-55(52,53)4-2)40(49)44-38(24-31-14-8-5-9-15-31)39(48)29-43-28-32-20-22-46(23-21-32)42(51)54-30-33-16-10-6-11-17-33/h5-19,25-27,32,38-39,43,45,48H,3-4,20-24,28-30H2,1-2H3,(H,44,49). The fourth-order valence-corrected chi connectivity index (χ4v) is 7.13. The predicted octanol–water partition coefficient (Wildman–Crippen LogP) is 5.46. The second-order valence-corrected chi connectivity index (χ2v) is 15.7. The van der Waals surface area contributed by atoms with Crippen LogP contribution in [0.2, 0.25) is 0 Å². The van der Waals surface area contributed by atoms with Gasteiger partial charge >= 0.3 is 6.09 Å². The quantitative estimate of drug-likeness (QED) is 0.110. The number of piperidine rings is 1. The normalized spacial score (nSPS) is 14.4. The molecule has 4 aromatic carbocycles. The third kappa shape index (κ3) is 12.1. The predicted molar refractivity (Wildman–Crippen MR) is 215 cm³/mol. The van der Waals surface area contributed by atoms with Crippen LogP contribution < -0.4 is 20.3 Å². The number of nitrogens with one attached hydrogen (secondary N) is 3. The number of hydrogen-bond donors (Lipinski definition) is 4. The largest absolute Gasteiger partial charge is 0.445 e. The molecule has 1 heterocycles. The van der Waals surface area contributed by atoms with Crippen LogP contribution in [0.25, 0.3) is 0 Å². The first kappa shape index (κ1) is 40.9. The van der Waals surface area contributed by atoms with Gasteiger partial charge in [0.25, 0.3) is 11.8 Å². The number of para-hydroxylation sites is 1. The highest BCUT2D eigenvalue weighted by Gasteiger charge is 2.27. The molecule has 0 spiro atoms. The number of ether oxygens (including phenoxy) is 1. The third-order valence-corrected chi connectivity index (χ3v) is 11.0. The van der Waals surface area contributed by atoms with Crippen LogP contribution in [0, 0.1) is 5.92 Å². The molecule has 12 nitrogen and oxygen atoms in total. The molecule has 55 heavy (non-hydrogen) atoms. The number of rotatable bonds is 17. The molecule has 0 radical (unpaired) electrons. The van der Waals surface area contributed by atoms with Gasteiger partial charge < -0.3 is 30.3 Å². The van der Waals surface area contributed by atoms with E-state index in [1.165, 1.54) is 25.1 Å². The number of amides is 3. The van der Waals surface area contributed by atoms with Gasteiger partial charge in [0.05, 0.1) is 23.6 Å². The average Bonchev–Trinajstić information content (AvgIpc) is 3.21. The number of hydrogen-bond acceptors (Lipinski definition) is 8. The van der Waals surface area contributed by atoms with Gasteiger partial charge in [-0.2, -0.15) is 0 Å². The zero-order valence-electron chi connectivity index (χ0n) is 31.4. The lowest BCUT2D eigenvalue weighted by atomic mass is 9.96. The molecule has 2 unspecified atom stereocenters. The molecule has 13 heteroatoms. The molecule has 3 amide bonds. The van der Waals surface area contributed by atoms with Crippen molar-refractivity contribution in [2.24, 2.45) is 5.92 Å².